The lowest BCUT2D eigenvalue weighted by molar-refractivity contribution is -0.161. The molecule has 4 heteroatoms. The van der Waals surface area contributed by atoms with Gasteiger partial charge in [-0.3, -0.25) is 9.59 Å². The standard InChI is InChI=1S/C17H24O4/c1-3-20-16(18)15(17(19)21-4-2)13-9-8-12-14-10-6-5-7-11-14/h5-7,10-11,15H,3-4,8-9,12-13H2,1-2H3. The summed E-state index contributed by atoms with van der Waals surface area (Å²) in [6.45, 7) is 4.02. The number of ether oxygens (including phenoxy) is 2. The summed E-state index contributed by atoms with van der Waals surface area (Å²) in [5.74, 6) is -1.74. The summed E-state index contributed by atoms with van der Waals surface area (Å²) in [5, 5.41) is 0. The maximum atomic E-state index is 11.8. The average molecular weight is 292 g/mol. The van der Waals surface area contributed by atoms with Crippen LogP contribution in [0.3, 0.4) is 0 Å². The highest BCUT2D eigenvalue weighted by Crippen LogP contribution is 2.15. The number of carbonyl (C=O) groups is 2. The van der Waals surface area contributed by atoms with Crippen molar-refractivity contribution in [3.05, 3.63) is 35.9 Å². The number of benzene rings is 1. The Bertz CT molecular complexity index is 410. The van der Waals surface area contributed by atoms with Gasteiger partial charge >= 0.3 is 11.9 Å². The highest BCUT2D eigenvalue weighted by molar-refractivity contribution is 5.94. The van der Waals surface area contributed by atoms with Gasteiger partial charge in [-0.1, -0.05) is 36.8 Å². The SMILES string of the molecule is CCOC(=O)C(CCCCc1ccccc1)C(=O)OCC. The zero-order valence-corrected chi connectivity index (χ0v) is 12.8. The van der Waals surface area contributed by atoms with E-state index in [2.05, 4.69) is 12.1 Å². The first kappa shape index (κ1) is 17.2. The second-order valence-corrected chi connectivity index (χ2v) is 4.79. The molecule has 0 unspecified atom stereocenters. The van der Waals surface area contributed by atoms with Crippen molar-refractivity contribution in [3.8, 4) is 0 Å². The van der Waals surface area contributed by atoms with Gasteiger partial charge in [0.15, 0.2) is 5.92 Å². The molecule has 116 valence electrons. The maximum Gasteiger partial charge on any atom is 0.320 e. The molecule has 0 aliphatic carbocycles. The number of hydrogen-bond donors (Lipinski definition) is 0. The Morgan fingerprint density at radius 2 is 1.52 bits per heavy atom. The van der Waals surface area contributed by atoms with Crippen molar-refractivity contribution in [3.63, 3.8) is 0 Å². The van der Waals surface area contributed by atoms with Crippen molar-refractivity contribution < 1.29 is 19.1 Å². The smallest absolute Gasteiger partial charge is 0.320 e. The van der Waals surface area contributed by atoms with Crippen molar-refractivity contribution in [2.75, 3.05) is 13.2 Å². The Balaban J connectivity index is 2.41. The Hall–Kier alpha value is -1.84. The van der Waals surface area contributed by atoms with Gasteiger partial charge in [-0.2, -0.15) is 0 Å². The first-order chi connectivity index (χ1) is 10.2. The summed E-state index contributed by atoms with van der Waals surface area (Å²) in [7, 11) is 0. The summed E-state index contributed by atoms with van der Waals surface area (Å²) >= 11 is 0. The number of unbranched alkanes of at least 4 members (excludes halogenated alkanes) is 1. The third kappa shape index (κ3) is 6.43. The van der Waals surface area contributed by atoms with E-state index in [0.717, 1.165) is 19.3 Å². The molecule has 0 saturated carbocycles. The second kappa shape index (κ2) is 9.97. The number of carbonyl (C=O) groups excluding carboxylic acids is 2. The van der Waals surface area contributed by atoms with Gasteiger partial charge in [0.05, 0.1) is 13.2 Å². The fourth-order valence-corrected chi connectivity index (χ4v) is 2.14. The molecule has 0 amide bonds. The van der Waals surface area contributed by atoms with Crippen LogP contribution in [0.15, 0.2) is 30.3 Å². The molecule has 0 aromatic heterocycles. The van der Waals surface area contributed by atoms with E-state index in [-0.39, 0.29) is 13.2 Å². The average Bonchev–Trinajstić information content (AvgIpc) is 2.48. The van der Waals surface area contributed by atoms with Crippen LogP contribution >= 0.6 is 0 Å². The minimum atomic E-state index is -0.791. The predicted octanol–water partition coefficient (Wildman–Crippen LogP) is 3.14. The van der Waals surface area contributed by atoms with Gasteiger partial charge in [-0.15, -0.1) is 0 Å². The Morgan fingerprint density at radius 3 is 2.05 bits per heavy atom. The molecule has 0 radical (unpaired) electrons. The summed E-state index contributed by atoms with van der Waals surface area (Å²) in [6, 6.07) is 10.2. The molecule has 0 aliphatic rings. The third-order valence-corrected chi connectivity index (χ3v) is 3.19. The number of aryl methyl sites for hydroxylation is 1. The van der Waals surface area contributed by atoms with E-state index in [1.54, 1.807) is 13.8 Å². The molecular formula is C17H24O4. The normalized spacial score (nSPS) is 10.4. The van der Waals surface area contributed by atoms with Gasteiger partial charge in [0.1, 0.15) is 0 Å². The Morgan fingerprint density at radius 1 is 0.952 bits per heavy atom. The number of rotatable bonds is 9. The van der Waals surface area contributed by atoms with Crippen molar-refractivity contribution in [2.24, 2.45) is 5.92 Å². The largest absolute Gasteiger partial charge is 0.465 e. The molecule has 0 heterocycles. The highest BCUT2D eigenvalue weighted by Gasteiger charge is 2.28. The van der Waals surface area contributed by atoms with Crippen LogP contribution in [0.4, 0.5) is 0 Å². The molecule has 1 aromatic carbocycles. The van der Waals surface area contributed by atoms with E-state index >= 15 is 0 Å². The minimum absolute atomic E-state index is 0.277. The maximum absolute atomic E-state index is 11.8. The van der Waals surface area contributed by atoms with E-state index < -0.39 is 17.9 Å². The van der Waals surface area contributed by atoms with Crippen molar-refractivity contribution in [2.45, 2.75) is 39.5 Å². The lowest BCUT2D eigenvalue weighted by atomic mass is 9.99. The van der Waals surface area contributed by atoms with Crippen LogP contribution in [0.1, 0.15) is 38.7 Å². The van der Waals surface area contributed by atoms with Crippen LogP contribution < -0.4 is 0 Å². The molecule has 1 rings (SSSR count). The monoisotopic (exact) mass is 292 g/mol. The predicted molar refractivity (Wildman–Crippen MR) is 80.8 cm³/mol. The Labute approximate surface area is 126 Å². The lowest BCUT2D eigenvalue weighted by Crippen LogP contribution is -2.28. The summed E-state index contributed by atoms with van der Waals surface area (Å²) in [6.07, 6.45) is 3.14. The lowest BCUT2D eigenvalue weighted by Gasteiger charge is -2.14. The summed E-state index contributed by atoms with van der Waals surface area (Å²) in [4.78, 5) is 23.6. The third-order valence-electron chi connectivity index (χ3n) is 3.19. The molecular weight excluding hydrogens is 268 g/mol. The zero-order chi connectivity index (χ0) is 15.5. The van der Waals surface area contributed by atoms with Crippen LogP contribution in [0.2, 0.25) is 0 Å². The zero-order valence-electron chi connectivity index (χ0n) is 12.8. The molecule has 4 nitrogen and oxygen atoms in total. The van der Waals surface area contributed by atoms with Gasteiger partial charge in [0.25, 0.3) is 0 Å². The first-order valence-electron chi connectivity index (χ1n) is 7.56. The quantitative estimate of drug-likeness (QED) is 0.398. The summed E-state index contributed by atoms with van der Waals surface area (Å²) in [5.41, 5.74) is 1.27. The van der Waals surface area contributed by atoms with Crippen molar-refractivity contribution in [1.29, 1.82) is 0 Å². The van der Waals surface area contributed by atoms with Crippen molar-refractivity contribution >= 4 is 11.9 Å². The molecule has 0 atom stereocenters. The van der Waals surface area contributed by atoms with Crippen LogP contribution in [0.25, 0.3) is 0 Å². The van der Waals surface area contributed by atoms with E-state index in [1.807, 2.05) is 18.2 Å². The molecule has 0 fully saturated rings. The van der Waals surface area contributed by atoms with Gasteiger partial charge in [0, 0.05) is 0 Å². The van der Waals surface area contributed by atoms with Crippen molar-refractivity contribution in [1.82, 2.24) is 0 Å². The van der Waals surface area contributed by atoms with E-state index in [1.165, 1.54) is 5.56 Å². The molecule has 21 heavy (non-hydrogen) atoms. The molecule has 0 aliphatic heterocycles. The van der Waals surface area contributed by atoms with E-state index in [9.17, 15) is 9.59 Å². The fourth-order valence-electron chi connectivity index (χ4n) is 2.14. The Kier molecular flexibility index (Phi) is 8.17. The number of hydrogen-bond acceptors (Lipinski definition) is 4. The molecule has 0 bridgehead atoms. The van der Waals surface area contributed by atoms with Crippen LogP contribution in [0, 0.1) is 5.92 Å². The van der Waals surface area contributed by atoms with Gasteiger partial charge in [-0.05, 0) is 38.7 Å². The first-order valence-corrected chi connectivity index (χ1v) is 7.56. The fraction of sp³-hybridized carbons (Fsp3) is 0.529. The molecule has 0 spiro atoms. The molecule has 1 aromatic rings. The van der Waals surface area contributed by atoms with E-state index in [4.69, 9.17) is 9.47 Å². The highest BCUT2D eigenvalue weighted by atomic mass is 16.6. The number of esters is 2. The molecule has 0 saturated heterocycles. The van der Waals surface area contributed by atoms with Crippen LogP contribution in [-0.4, -0.2) is 25.2 Å². The van der Waals surface area contributed by atoms with E-state index in [0.29, 0.717) is 6.42 Å². The molecule has 0 N–H and O–H groups in total. The topological polar surface area (TPSA) is 52.6 Å². The van der Waals surface area contributed by atoms with Gasteiger partial charge in [-0.25, -0.2) is 0 Å². The van der Waals surface area contributed by atoms with Crippen LogP contribution in [-0.2, 0) is 25.5 Å². The van der Waals surface area contributed by atoms with Gasteiger partial charge in [0.2, 0.25) is 0 Å². The second-order valence-electron chi connectivity index (χ2n) is 4.79. The minimum Gasteiger partial charge on any atom is -0.465 e. The summed E-state index contributed by atoms with van der Waals surface area (Å²) < 4.78 is 9.89. The van der Waals surface area contributed by atoms with Gasteiger partial charge < -0.3 is 9.47 Å². The van der Waals surface area contributed by atoms with Crippen LogP contribution in [0.5, 0.6) is 0 Å².